The largest absolute Gasteiger partial charge is 0.496 e. The molecule has 0 saturated heterocycles. The zero-order valence-electron chi connectivity index (χ0n) is 10.1. The third-order valence-electron chi connectivity index (χ3n) is 2.55. The summed E-state index contributed by atoms with van der Waals surface area (Å²) in [5.41, 5.74) is 5.15. The van der Waals surface area contributed by atoms with Crippen molar-refractivity contribution in [3.05, 3.63) is 29.3 Å². The van der Waals surface area contributed by atoms with Crippen LogP contribution >= 0.6 is 12.4 Å². The number of nitrogens with two attached hydrogens (primary N) is 1. The first-order chi connectivity index (χ1) is 8.11. The van der Waals surface area contributed by atoms with Crippen molar-refractivity contribution in [2.75, 3.05) is 7.11 Å². The van der Waals surface area contributed by atoms with Gasteiger partial charge in [0.15, 0.2) is 0 Å². The number of hydrogen-bond donors (Lipinski definition) is 1. The number of rotatable bonds is 3. The van der Waals surface area contributed by atoms with E-state index < -0.39 is 18.1 Å². The quantitative estimate of drug-likeness (QED) is 0.866. The Balaban J connectivity index is 0.00000324. The van der Waals surface area contributed by atoms with E-state index in [0.717, 1.165) is 12.1 Å². The number of hydrogen-bond acceptors (Lipinski definition) is 2. The Morgan fingerprint density at radius 3 is 2.05 bits per heavy atom. The summed E-state index contributed by atoms with van der Waals surface area (Å²) in [7, 11) is 1.37. The standard InChI is InChI=1S/C11H12F5NO.ClH/c1-6-5-7(3-4-8(6)18-2)9(17)10(12,13)11(14,15)16;/h3-5,9H,17H2,1-2H3;1H/t9-;/m0./s1. The van der Waals surface area contributed by atoms with Crippen molar-refractivity contribution < 1.29 is 26.7 Å². The molecule has 1 atom stereocenters. The normalized spacial score (nSPS) is 13.7. The van der Waals surface area contributed by atoms with E-state index in [1.165, 1.54) is 20.1 Å². The summed E-state index contributed by atoms with van der Waals surface area (Å²) >= 11 is 0. The van der Waals surface area contributed by atoms with Crippen LogP contribution in [0, 0.1) is 6.92 Å². The van der Waals surface area contributed by atoms with E-state index in [1.807, 2.05) is 0 Å². The van der Waals surface area contributed by atoms with Crippen molar-refractivity contribution in [2.24, 2.45) is 5.73 Å². The molecule has 0 bridgehead atoms. The first-order valence-electron chi connectivity index (χ1n) is 4.96. The first kappa shape index (κ1) is 17.9. The average molecular weight is 306 g/mol. The second-order valence-electron chi connectivity index (χ2n) is 3.83. The fourth-order valence-corrected chi connectivity index (χ4v) is 1.48. The van der Waals surface area contributed by atoms with Crippen molar-refractivity contribution in [3.8, 4) is 5.75 Å². The minimum atomic E-state index is -5.68. The fraction of sp³-hybridized carbons (Fsp3) is 0.455. The third kappa shape index (κ3) is 3.48. The van der Waals surface area contributed by atoms with Crippen LogP contribution in [0.15, 0.2) is 18.2 Å². The lowest BCUT2D eigenvalue weighted by Crippen LogP contribution is -2.45. The van der Waals surface area contributed by atoms with Gasteiger partial charge in [-0.1, -0.05) is 12.1 Å². The Morgan fingerprint density at radius 1 is 1.16 bits per heavy atom. The first-order valence-corrected chi connectivity index (χ1v) is 4.96. The molecule has 0 amide bonds. The van der Waals surface area contributed by atoms with Gasteiger partial charge in [-0.25, -0.2) is 0 Å². The summed E-state index contributed by atoms with van der Waals surface area (Å²) in [6.45, 7) is 1.53. The van der Waals surface area contributed by atoms with Crippen LogP contribution in [0.2, 0.25) is 0 Å². The van der Waals surface area contributed by atoms with Gasteiger partial charge in [0.1, 0.15) is 11.8 Å². The maximum Gasteiger partial charge on any atom is 0.455 e. The fourth-order valence-electron chi connectivity index (χ4n) is 1.48. The Hall–Kier alpha value is -1.08. The summed E-state index contributed by atoms with van der Waals surface area (Å²) in [6, 6.07) is 1.11. The number of halogens is 6. The lowest BCUT2D eigenvalue weighted by molar-refractivity contribution is -0.291. The van der Waals surface area contributed by atoms with Crippen LogP contribution in [0.25, 0.3) is 0 Å². The number of alkyl halides is 5. The van der Waals surface area contributed by atoms with Gasteiger partial charge in [0.2, 0.25) is 0 Å². The molecular weight excluding hydrogens is 293 g/mol. The summed E-state index contributed by atoms with van der Waals surface area (Å²) in [5, 5.41) is 0. The van der Waals surface area contributed by atoms with E-state index >= 15 is 0 Å². The Bertz CT molecular complexity index is 436. The van der Waals surface area contributed by atoms with E-state index in [-0.39, 0.29) is 18.0 Å². The Labute approximate surface area is 113 Å². The van der Waals surface area contributed by atoms with Crippen molar-refractivity contribution in [2.45, 2.75) is 25.1 Å². The molecule has 0 aromatic heterocycles. The molecule has 0 saturated carbocycles. The summed E-state index contributed by atoms with van der Waals surface area (Å²) in [4.78, 5) is 0. The Kier molecular flexibility index (Phi) is 5.58. The molecule has 0 aliphatic heterocycles. The average Bonchev–Trinajstić information content (AvgIpc) is 2.26. The molecule has 8 heteroatoms. The molecule has 0 heterocycles. The van der Waals surface area contributed by atoms with Gasteiger partial charge in [-0.15, -0.1) is 12.4 Å². The van der Waals surface area contributed by atoms with Crippen LogP contribution < -0.4 is 10.5 Å². The number of benzene rings is 1. The minimum Gasteiger partial charge on any atom is -0.496 e. The molecule has 2 nitrogen and oxygen atoms in total. The smallest absolute Gasteiger partial charge is 0.455 e. The van der Waals surface area contributed by atoms with Crippen LogP contribution in [0.4, 0.5) is 22.0 Å². The summed E-state index contributed by atoms with van der Waals surface area (Å²) in [6.07, 6.45) is -5.68. The van der Waals surface area contributed by atoms with Gasteiger partial charge >= 0.3 is 12.1 Å². The second-order valence-corrected chi connectivity index (χ2v) is 3.83. The molecule has 110 valence electrons. The van der Waals surface area contributed by atoms with Gasteiger partial charge in [0.25, 0.3) is 0 Å². The molecule has 0 spiro atoms. The third-order valence-corrected chi connectivity index (χ3v) is 2.55. The summed E-state index contributed by atoms with van der Waals surface area (Å²) < 4.78 is 67.4. The van der Waals surface area contributed by atoms with Crippen molar-refractivity contribution in [1.82, 2.24) is 0 Å². The van der Waals surface area contributed by atoms with E-state index in [0.29, 0.717) is 11.3 Å². The molecule has 0 aliphatic rings. The van der Waals surface area contributed by atoms with Gasteiger partial charge in [-0.05, 0) is 24.1 Å². The lowest BCUT2D eigenvalue weighted by atomic mass is 9.99. The topological polar surface area (TPSA) is 35.2 Å². The molecular formula is C11H13ClF5NO. The SMILES string of the molecule is COc1ccc([C@H](N)C(F)(F)C(F)(F)F)cc1C.Cl. The number of aryl methyl sites for hydroxylation is 1. The highest BCUT2D eigenvalue weighted by molar-refractivity contribution is 5.85. The zero-order valence-corrected chi connectivity index (χ0v) is 10.9. The molecule has 0 unspecified atom stereocenters. The predicted octanol–water partition coefficient (Wildman–Crippen LogP) is 3.62. The predicted molar refractivity (Wildman–Crippen MR) is 62.9 cm³/mol. The van der Waals surface area contributed by atoms with Crippen LogP contribution in [0.3, 0.4) is 0 Å². The maximum atomic E-state index is 13.0. The van der Waals surface area contributed by atoms with E-state index in [1.54, 1.807) is 0 Å². The zero-order chi connectivity index (χ0) is 14.1. The highest BCUT2D eigenvalue weighted by Crippen LogP contribution is 2.43. The molecule has 2 N–H and O–H groups in total. The molecule has 1 rings (SSSR count). The highest BCUT2D eigenvalue weighted by Gasteiger charge is 2.61. The van der Waals surface area contributed by atoms with E-state index in [4.69, 9.17) is 10.5 Å². The van der Waals surface area contributed by atoms with Gasteiger partial charge in [-0.2, -0.15) is 22.0 Å². The lowest BCUT2D eigenvalue weighted by Gasteiger charge is -2.26. The van der Waals surface area contributed by atoms with Gasteiger partial charge in [0, 0.05) is 0 Å². The molecule has 0 aliphatic carbocycles. The van der Waals surface area contributed by atoms with Gasteiger partial charge in [-0.3, -0.25) is 0 Å². The maximum absolute atomic E-state index is 13.0. The minimum absolute atomic E-state index is 0. The number of methoxy groups -OCH3 is 1. The van der Waals surface area contributed by atoms with Crippen molar-refractivity contribution in [3.63, 3.8) is 0 Å². The van der Waals surface area contributed by atoms with Gasteiger partial charge < -0.3 is 10.5 Å². The van der Waals surface area contributed by atoms with Crippen LogP contribution in [0.5, 0.6) is 5.75 Å². The molecule has 0 fully saturated rings. The Morgan fingerprint density at radius 2 is 1.68 bits per heavy atom. The van der Waals surface area contributed by atoms with Crippen molar-refractivity contribution in [1.29, 1.82) is 0 Å². The molecule has 1 aromatic carbocycles. The van der Waals surface area contributed by atoms with Crippen LogP contribution in [0.1, 0.15) is 17.2 Å². The van der Waals surface area contributed by atoms with E-state index in [9.17, 15) is 22.0 Å². The van der Waals surface area contributed by atoms with Crippen LogP contribution in [-0.4, -0.2) is 19.2 Å². The van der Waals surface area contributed by atoms with Crippen LogP contribution in [-0.2, 0) is 0 Å². The molecule has 1 aromatic rings. The van der Waals surface area contributed by atoms with E-state index in [2.05, 4.69) is 0 Å². The van der Waals surface area contributed by atoms with Gasteiger partial charge in [0.05, 0.1) is 7.11 Å². The number of ether oxygens (including phenoxy) is 1. The highest BCUT2D eigenvalue weighted by atomic mass is 35.5. The monoisotopic (exact) mass is 305 g/mol. The summed E-state index contributed by atoms with van der Waals surface area (Å²) in [5.74, 6) is -4.59. The molecule has 0 radical (unpaired) electrons. The molecule has 19 heavy (non-hydrogen) atoms. The van der Waals surface area contributed by atoms with Crippen molar-refractivity contribution >= 4 is 12.4 Å². The second kappa shape index (κ2) is 5.92.